The van der Waals surface area contributed by atoms with Crippen molar-refractivity contribution >= 4 is 27.5 Å². The van der Waals surface area contributed by atoms with Gasteiger partial charge in [0.05, 0.1) is 12.2 Å². The summed E-state index contributed by atoms with van der Waals surface area (Å²) in [5, 5.41) is 2.82. The van der Waals surface area contributed by atoms with Crippen molar-refractivity contribution in [3.8, 4) is 5.88 Å². The highest BCUT2D eigenvalue weighted by Crippen LogP contribution is 2.24. The number of hydrogen-bond acceptors (Lipinski definition) is 3. The number of aryl methyl sites for hydroxylation is 1. The standard InChI is InChI=1S/C15H15BrN2O2/c1-3-20-15-13(5-4-8-17-15)18-14(19)11-7-6-10(2)9-12(11)16/h4-9H,3H2,1-2H3,(H,18,19). The van der Waals surface area contributed by atoms with Crippen LogP contribution >= 0.6 is 15.9 Å². The van der Waals surface area contributed by atoms with E-state index in [1.54, 1.807) is 24.4 Å². The summed E-state index contributed by atoms with van der Waals surface area (Å²) in [6, 6.07) is 9.10. The first-order valence-electron chi connectivity index (χ1n) is 6.27. The number of rotatable bonds is 4. The second-order valence-corrected chi connectivity index (χ2v) is 5.08. The molecule has 1 heterocycles. The van der Waals surface area contributed by atoms with Gasteiger partial charge in [-0.3, -0.25) is 4.79 Å². The Morgan fingerprint density at radius 1 is 1.40 bits per heavy atom. The summed E-state index contributed by atoms with van der Waals surface area (Å²) in [6.07, 6.45) is 1.63. The van der Waals surface area contributed by atoms with Gasteiger partial charge in [0.1, 0.15) is 5.69 Å². The average molecular weight is 335 g/mol. The van der Waals surface area contributed by atoms with Gasteiger partial charge in [-0.1, -0.05) is 6.07 Å². The van der Waals surface area contributed by atoms with Crippen molar-refractivity contribution in [2.24, 2.45) is 0 Å². The summed E-state index contributed by atoms with van der Waals surface area (Å²) >= 11 is 3.40. The number of nitrogens with zero attached hydrogens (tertiary/aromatic N) is 1. The quantitative estimate of drug-likeness (QED) is 0.925. The van der Waals surface area contributed by atoms with E-state index in [4.69, 9.17) is 4.74 Å². The predicted octanol–water partition coefficient (Wildman–Crippen LogP) is 3.80. The van der Waals surface area contributed by atoms with Gasteiger partial charge in [-0.05, 0) is 59.6 Å². The Morgan fingerprint density at radius 2 is 2.20 bits per heavy atom. The van der Waals surface area contributed by atoms with Crippen LogP contribution < -0.4 is 10.1 Å². The van der Waals surface area contributed by atoms with Crippen LogP contribution in [0.1, 0.15) is 22.8 Å². The molecule has 2 rings (SSSR count). The zero-order valence-corrected chi connectivity index (χ0v) is 12.9. The van der Waals surface area contributed by atoms with Crippen molar-refractivity contribution in [1.29, 1.82) is 0 Å². The molecule has 0 unspecified atom stereocenters. The molecule has 1 amide bonds. The Kier molecular flexibility index (Phi) is 4.74. The summed E-state index contributed by atoms with van der Waals surface area (Å²) in [7, 11) is 0. The van der Waals surface area contributed by atoms with E-state index in [-0.39, 0.29) is 5.91 Å². The van der Waals surface area contributed by atoms with Gasteiger partial charge in [-0.15, -0.1) is 0 Å². The fraction of sp³-hybridized carbons (Fsp3) is 0.200. The number of halogens is 1. The summed E-state index contributed by atoms with van der Waals surface area (Å²) in [5.74, 6) is 0.220. The van der Waals surface area contributed by atoms with Gasteiger partial charge in [0, 0.05) is 10.7 Å². The number of benzene rings is 1. The number of carbonyl (C=O) groups is 1. The Hall–Kier alpha value is -1.88. The normalized spacial score (nSPS) is 10.2. The van der Waals surface area contributed by atoms with Crippen molar-refractivity contribution in [2.45, 2.75) is 13.8 Å². The highest BCUT2D eigenvalue weighted by atomic mass is 79.9. The van der Waals surface area contributed by atoms with Crippen LogP contribution in [0.2, 0.25) is 0 Å². The first-order chi connectivity index (χ1) is 9.61. The van der Waals surface area contributed by atoms with Gasteiger partial charge in [0.15, 0.2) is 0 Å². The molecular weight excluding hydrogens is 320 g/mol. The van der Waals surface area contributed by atoms with Crippen molar-refractivity contribution in [3.05, 3.63) is 52.1 Å². The molecule has 0 atom stereocenters. The van der Waals surface area contributed by atoms with Crippen LogP contribution in [-0.4, -0.2) is 17.5 Å². The fourth-order valence-corrected chi connectivity index (χ4v) is 2.40. The van der Waals surface area contributed by atoms with Crippen LogP contribution in [0.5, 0.6) is 5.88 Å². The highest BCUT2D eigenvalue weighted by Gasteiger charge is 2.13. The maximum Gasteiger partial charge on any atom is 0.256 e. The molecule has 2 aromatic rings. The molecular formula is C15H15BrN2O2. The Morgan fingerprint density at radius 3 is 2.90 bits per heavy atom. The molecule has 0 saturated heterocycles. The lowest BCUT2D eigenvalue weighted by Gasteiger charge is -2.11. The Bertz CT molecular complexity index is 629. The lowest BCUT2D eigenvalue weighted by molar-refractivity contribution is 0.102. The minimum atomic E-state index is -0.203. The van der Waals surface area contributed by atoms with Crippen molar-refractivity contribution in [1.82, 2.24) is 4.98 Å². The molecule has 1 aromatic carbocycles. The fourth-order valence-electron chi connectivity index (χ4n) is 1.73. The molecule has 5 heteroatoms. The number of pyridine rings is 1. The third kappa shape index (κ3) is 3.36. The molecule has 0 aliphatic carbocycles. The first kappa shape index (κ1) is 14.5. The van der Waals surface area contributed by atoms with Gasteiger partial charge in [-0.2, -0.15) is 0 Å². The molecule has 0 bridgehead atoms. The molecule has 0 spiro atoms. The maximum atomic E-state index is 12.3. The number of ether oxygens (including phenoxy) is 1. The van der Waals surface area contributed by atoms with Crippen LogP contribution in [-0.2, 0) is 0 Å². The van der Waals surface area contributed by atoms with Crippen LogP contribution in [0.3, 0.4) is 0 Å². The zero-order chi connectivity index (χ0) is 14.5. The monoisotopic (exact) mass is 334 g/mol. The third-order valence-electron chi connectivity index (χ3n) is 2.67. The second kappa shape index (κ2) is 6.52. The molecule has 20 heavy (non-hydrogen) atoms. The lowest BCUT2D eigenvalue weighted by Crippen LogP contribution is -2.14. The largest absolute Gasteiger partial charge is 0.476 e. The molecule has 4 nitrogen and oxygen atoms in total. The van der Waals surface area contributed by atoms with Crippen LogP contribution in [0.15, 0.2) is 41.0 Å². The molecule has 0 aliphatic heterocycles. The summed E-state index contributed by atoms with van der Waals surface area (Å²) in [4.78, 5) is 16.4. The lowest BCUT2D eigenvalue weighted by atomic mass is 10.1. The van der Waals surface area contributed by atoms with Gasteiger partial charge >= 0.3 is 0 Å². The Labute approximate surface area is 126 Å². The summed E-state index contributed by atoms with van der Waals surface area (Å²) in [6.45, 7) is 4.34. The van der Waals surface area contributed by atoms with Crippen molar-refractivity contribution in [2.75, 3.05) is 11.9 Å². The molecule has 104 valence electrons. The number of carbonyl (C=O) groups excluding carboxylic acids is 1. The highest BCUT2D eigenvalue weighted by molar-refractivity contribution is 9.10. The second-order valence-electron chi connectivity index (χ2n) is 4.23. The first-order valence-corrected chi connectivity index (χ1v) is 7.06. The number of aromatic nitrogens is 1. The molecule has 0 radical (unpaired) electrons. The molecule has 0 saturated carbocycles. The molecule has 0 aliphatic rings. The predicted molar refractivity (Wildman–Crippen MR) is 82.2 cm³/mol. The zero-order valence-electron chi connectivity index (χ0n) is 11.3. The topological polar surface area (TPSA) is 51.2 Å². The van der Waals surface area contributed by atoms with E-state index in [1.165, 1.54) is 0 Å². The minimum absolute atomic E-state index is 0.203. The molecule has 0 fully saturated rings. The third-order valence-corrected chi connectivity index (χ3v) is 3.33. The van der Waals surface area contributed by atoms with Crippen LogP contribution in [0, 0.1) is 6.92 Å². The van der Waals surface area contributed by atoms with E-state index in [0.717, 1.165) is 10.0 Å². The summed E-state index contributed by atoms with van der Waals surface area (Å²) in [5.41, 5.74) is 2.22. The van der Waals surface area contributed by atoms with Gasteiger partial charge in [0.25, 0.3) is 5.91 Å². The smallest absolute Gasteiger partial charge is 0.256 e. The van der Waals surface area contributed by atoms with E-state index >= 15 is 0 Å². The maximum absolute atomic E-state index is 12.3. The number of amides is 1. The van der Waals surface area contributed by atoms with E-state index in [0.29, 0.717) is 23.7 Å². The van der Waals surface area contributed by atoms with E-state index in [2.05, 4.69) is 26.2 Å². The van der Waals surface area contributed by atoms with Crippen molar-refractivity contribution < 1.29 is 9.53 Å². The van der Waals surface area contributed by atoms with E-state index in [9.17, 15) is 4.79 Å². The average Bonchev–Trinajstić information content (AvgIpc) is 2.41. The minimum Gasteiger partial charge on any atom is -0.476 e. The molecule has 1 N–H and O–H groups in total. The molecule has 1 aromatic heterocycles. The van der Waals surface area contributed by atoms with Crippen LogP contribution in [0.4, 0.5) is 5.69 Å². The van der Waals surface area contributed by atoms with Gasteiger partial charge in [-0.25, -0.2) is 4.98 Å². The summed E-state index contributed by atoms with van der Waals surface area (Å²) < 4.78 is 6.15. The Balaban J connectivity index is 2.23. The van der Waals surface area contributed by atoms with Crippen molar-refractivity contribution in [3.63, 3.8) is 0 Å². The van der Waals surface area contributed by atoms with Gasteiger partial charge in [0.2, 0.25) is 5.88 Å². The van der Waals surface area contributed by atoms with E-state index < -0.39 is 0 Å². The number of nitrogens with one attached hydrogen (secondary N) is 1. The van der Waals surface area contributed by atoms with Gasteiger partial charge < -0.3 is 10.1 Å². The number of anilines is 1. The van der Waals surface area contributed by atoms with E-state index in [1.807, 2.05) is 26.0 Å². The SMILES string of the molecule is CCOc1ncccc1NC(=O)c1ccc(C)cc1Br. The number of hydrogen-bond donors (Lipinski definition) is 1. The van der Waals surface area contributed by atoms with Crippen LogP contribution in [0.25, 0.3) is 0 Å².